The van der Waals surface area contributed by atoms with Crippen molar-refractivity contribution in [2.75, 3.05) is 0 Å². The van der Waals surface area contributed by atoms with Gasteiger partial charge in [0.1, 0.15) is 5.15 Å². The highest BCUT2D eigenvalue weighted by Gasteiger charge is 2.41. The van der Waals surface area contributed by atoms with Crippen LogP contribution in [0.1, 0.15) is 31.0 Å². The van der Waals surface area contributed by atoms with Gasteiger partial charge in [0.2, 0.25) is 0 Å². The lowest BCUT2D eigenvalue weighted by molar-refractivity contribution is -0.164. The second-order valence-electron chi connectivity index (χ2n) is 4.12. The topological polar surface area (TPSA) is 55.1 Å². The summed E-state index contributed by atoms with van der Waals surface area (Å²) in [6.07, 6.45) is -0.942. The standard InChI is InChI=1S/C10H13ClF2N2O2/c1-5(2)7-6(8(11)15(3)14-7)4-10(12,13)9(16)17/h5H,4H2,1-3H3,(H,16,17). The van der Waals surface area contributed by atoms with Crippen molar-refractivity contribution in [2.24, 2.45) is 7.05 Å². The van der Waals surface area contributed by atoms with Crippen molar-refractivity contribution in [1.29, 1.82) is 0 Å². The maximum atomic E-state index is 13.2. The average Bonchev–Trinajstić information content (AvgIpc) is 2.45. The number of aryl methyl sites for hydroxylation is 1. The van der Waals surface area contributed by atoms with Crippen molar-refractivity contribution in [3.05, 3.63) is 16.4 Å². The Morgan fingerprint density at radius 1 is 1.59 bits per heavy atom. The lowest BCUT2D eigenvalue weighted by Crippen LogP contribution is -2.31. The fourth-order valence-electron chi connectivity index (χ4n) is 1.49. The van der Waals surface area contributed by atoms with Gasteiger partial charge in [-0.2, -0.15) is 13.9 Å². The van der Waals surface area contributed by atoms with Crippen LogP contribution >= 0.6 is 11.6 Å². The van der Waals surface area contributed by atoms with E-state index < -0.39 is 18.3 Å². The van der Waals surface area contributed by atoms with E-state index in [0.29, 0.717) is 5.69 Å². The Kier molecular flexibility index (Phi) is 3.76. The van der Waals surface area contributed by atoms with Crippen LogP contribution in [-0.2, 0) is 18.3 Å². The zero-order valence-electron chi connectivity index (χ0n) is 9.67. The minimum absolute atomic E-state index is 0.0506. The number of carbonyl (C=O) groups is 1. The number of aromatic nitrogens is 2. The summed E-state index contributed by atoms with van der Waals surface area (Å²) in [5, 5.41) is 12.5. The van der Waals surface area contributed by atoms with E-state index in [2.05, 4.69) is 5.10 Å². The molecule has 0 aliphatic rings. The molecule has 0 amide bonds. The largest absolute Gasteiger partial charge is 0.477 e. The first-order chi connectivity index (χ1) is 7.66. The number of rotatable bonds is 4. The first kappa shape index (κ1) is 13.9. The van der Waals surface area contributed by atoms with E-state index in [1.54, 1.807) is 13.8 Å². The smallest absolute Gasteiger partial charge is 0.374 e. The summed E-state index contributed by atoms with van der Waals surface area (Å²) in [6.45, 7) is 3.56. The van der Waals surface area contributed by atoms with Gasteiger partial charge in [-0.25, -0.2) is 4.79 Å². The molecule has 0 fully saturated rings. The Morgan fingerprint density at radius 2 is 2.12 bits per heavy atom. The van der Waals surface area contributed by atoms with Crippen molar-refractivity contribution in [3.8, 4) is 0 Å². The van der Waals surface area contributed by atoms with Crippen molar-refractivity contribution in [2.45, 2.75) is 32.1 Å². The number of carboxylic acid groups (broad SMARTS) is 1. The van der Waals surface area contributed by atoms with Gasteiger partial charge < -0.3 is 5.11 Å². The summed E-state index contributed by atoms with van der Waals surface area (Å²) >= 11 is 5.84. The fourth-order valence-corrected chi connectivity index (χ4v) is 1.69. The van der Waals surface area contributed by atoms with Crippen LogP contribution in [0.2, 0.25) is 5.15 Å². The molecule has 7 heteroatoms. The molecule has 1 heterocycles. The highest BCUT2D eigenvalue weighted by Crippen LogP contribution is 2.31. The molecule has 17 heavy (non-hydrogen) atoms. The molecule has 0 unspecified atom stereocenters. The molecular weight excluding hydrogens is 254 g/mol. The van der Waals surface area contributed by atoms with Crippen LogP contribution in [0.5, 0.6) is 0 Å². The summed E-state index contributed by atoms with van der Waals surface area (Å²) in [4.78, 5) is 10.4. The first-order valence-electron chi connectivity index (χ1n) is 4.99. The van der Waals surface area contributed by atoms with E-state index in [9.17, 15) is 13.6 Å². The van der Waals surface area contributed by atoms with Crippen LogP contribution in [0, 0.1) is 0 Å². The molecule has 0 spiro atoms. The maximum Gasteiger partial charge on any atom is 0.374 e. The maximum absolute atomic E-state index is 13.2. The highest BCUT2D eigenvalue weighted by molar-refractivity contribution is 6.30. The van der Waals surface area contributed by atoms with Crippen LogP contribution in [0.15, 0.2) is 0 Å². The molecule has 4 nitrogen and oxygen atoms in total. The molecule has 0 saturated carbocycles. The lowest BCUT2D eigenvalue weighted by atomic mass is 10.0. The molecule has 0 aromatic carbocycles. The van der Waals surface area contributed by atoms with Gasteiger partial charge in [-0.05, 0) is 5.92 Å². The van der Waals surface area contributed by atoms with E-state index in [4.69, 9.17) is 16.7 Å². The van der Waals surface area contributed by atoms with Gasteiger partial charge in [0.15, 0.2) is 0 Å². The predicted molar refractivity (Wildman–Crippen MR) is 58.6 cm³/mol. The van der Waals surface area contributed by atoms with Crippen molar-refractivity contribution >= 4 is 17.6 Å². The second kappa shape index (κ2) is 4.60. The minimum atomic E-state index is -3.84. The zero-order chi connectivity index (χ0) is 13.4. The van der Waals surface area contributed by atoms with Gasteiger partial charge in [-0.15, -0.1) is 0 Å². The normalized spacial score (nSPS) is 12.2. The van der Waals surface area contributed by atoms with E-state index in [-0.39, 0.29) is 16.6 Å². The third kappa shape index (κ3) is 2.74. The van der Waals surface area contributed by atoms with Crippen LogP contribution in [-0.4, -0.2) is 26.8 Å². The molecule has 1 N–H and O–H groups in total. The Hall–Kier alpha value is -1.17. The summed E-state index contributed by atoms with van der Waals surface area (Å²) in [6, 6.07) is 0. The zero-order valence-corrected chi connectivity index (χ0v) is 10.4. The molecule has 0 atom stereocenters. The minimum Gasteiger partial charge on any atom is -0.477 e. The molecule has 0 bridgehead atoms. The Balaban J connectivity index is 3.18. The van der Waals surface area contributed by atoms with Crippen LogP contribution < -0.4 is 0 Å². The predicted octanol–water partition coefficient (Wildman–Crippen LogP) is 2.46. The van der Waals surface area contributed by atoms with Gasteiger partial charge >= 0.3 is 11.9 Å². The summed E-state index contributed by atoms with van der Waals surface area (Å²) in [5.74, 6) is -6.10. The van der Waals surface area contributed by atoms with E-state index in [0.717, 1.165) is 0 Å². The van der Waals surface area contributed by atoms with Gasteiger partial charge in [-0.3, -0.25) is 4.68 Å². The molecule has 0 aliphatic heterocycles. The quantitative estimate of drug-likeness (QED) is 0.911. The molecule has 0 aliphatic carbocycles. The van der Waals surface area contributed by atoms with Crippen molar-refractivity contribution < 1.29 is 18.7 Å². The lowest BCUT2D eigenvalue weighted by Gasteiger charge is -2.12. The van der Waals surface area contributed by atoms with Crippen LogP contribution in [0.4, 0.5) is 8.78 Å². The molecule has 96 valence electrons. The summed E-state index contributed by atoms with van der Waals surface area (Å²) in [5.41, 5.74) is 0.495. The number of hydrogen-bond donors (Lipinski definition) is 1. The molecule has 1 aromatic heterocycles. The van der Waals surface area contributed by atoms with Crippen LogP contribution in [0.3, 0.4) is 0 Å². The Morgan fingerprint density at radius 3 is 2.53 bits per heavy atom. The molecule has 0 radical (unpaired) electrons. The van der Waals surface area contributed by atoms with Crippen molar-refractivity contribution in [3.63, 3.8) is 0 Å². The van der Waals surface area contributed by atoms with Gasteiger partial charge in [0.25, 0.3) is 0 Å². The van der Waals surface area contributed by atoms with E-state index in [1.807, 2.05) is 0 Å². The summed E-state index contributed by atoms with van der Waals surface area (Å²) in [7, 11) is 1.52. The van der Waals surface area contributed by atoms with Crippen molar-refractivity contribution in [1.82, 2.24) is 9.78 Å². The number of nitrogens with zero attached hydrogens (tertiary/aromatic N) is 2. The average molecular weight is 267 g/mol. The van der Waals surface area contributed by atoms with Gasteiger partial charge in [-0.1, -0.05) is 25.4 Å². The van der Waals surface area contributed by atoms with E-state index >= 15 is 0 Å². The number of hydrogen-bond acceptors (Lipinski definition) is 2. The third-order valence-corrected chi connectivity index (χ3v) is 2.83. The monoisotopic (exact) mass is 266 g/mol. The highest BCUT2D eigenvalue weighted by atomic mass is 35.5. The summed E-state index contributed by atoms with van der Waals surface area (Å²) < 4.78 is 27.6. The van der Waals surface area contributed by atoms with Crippen LogP contribution in [0.25, 0.3) is 0 Å². The van der Waals surface area contributed by atoms with Gasteiger partial charge in [0, 0.05) is 12.6 Å². The number of carboxylic acids is 1. The third-order valence-electron chi connectivity index (χ3n) is 2.36. The molecule has 1 rings (SSSR count). The number of alkyl halides is 2. The Bertz CT molecular complexity index is 444. The number of aliphatic carboxylic acids is 1. The molecule has 1 aromatic rings. The van der Waals surface area contributed by atoms with Gasteiger partial charge in [0.05, 0.1) is 12.1 Å². The Labute approximate surface area is 102 Å². The SMILES string of the molecule is CC(C)c1nn(C)c(Cl)c1CC(F)(F)C(=O)O. The molecule has 0 saturated heterocycles. The molecular formula is C10H13ClF2N2O2. The number of halogens is 3. The second-order valence-corrected chi connectivity index (χ2v) is 4.48. The fraction of sp³-hybridized carbons (Fsp3) is 0.600. The van der Waals surface area contributed by atoms with E-state index in [1.165, 1.54) is 11.7 Å². The first-order valence-corrected chi connectivity index (χ1v) is 5.37.